The van der Waals surface area contributed by atoms with Crippen LogP contribution in [0.2, 0.25) is 0 Å². The maximum absolute atomic E-state index is 3.25. The van der Waals surface area contributed by atoms with Crippen molar-refractivity contribution in [3.05, 3.63) is 29.5 Å². The summed E-state index contributed by atoms with van der Waals surface area (Å²) in [6.07, 6.45) is 10.3. The van der Waals surface area contributed by atoms with Crippen LogP contribution in [-0.2, 0) is 0 Å². The van der Waals surface area contributed by atoms with Crippen LogP contribution < -0.4 is 0 Å². The number of unbranched alkanes of at least 4 members (excludes halogenated alkanes) is 1. The van der Waals surface area contributed by atoms with E-state index in [-0.39, 0.29) is 0 Å². The van der Waals surface area contributed by atoms with E-state index in [1.54, 1.807) is 0 Å². The van der Waals surface area contributed by atoms with Crippen LogP contribution in [0.1, 0.15) is 33.1 Å². The highest BCUT2D eigenvalue weighted by Gasteiger charge is 2.06. The molecule has 0 nitrogen and oxygen atoms in total. The lowest BCUT2D eigenvalue weighted by molar-refractivity contribution is 0.617. The molecule has 0 aromatic carbocycles. The van der Waals surface area contributed by atoms with Crippen molar-refractivity contribution in [3.63, 3.8) is 0 Å². The summed E-state index contributed by atoms with van der Waals surface area (Å²) in [6, 6.07) is 0. The van der Waals surface area contributed by atoms with Gasteiger partial charge in [-0.2, -0.15) is 0 Å². The summed E-state index contributed by atoms with van der Waals surface area (Å²) in [4.78, 5) is 0. The Balaban J connectivity index is 2.47. The topological polar surface area (TPSA) is 0 Å². The maximum atomic E-state index is 3.25. The quantitative estimate of drug-likeness (QED) is 0.538. The molecular weight excluding hydrogens is 132 g/mol. The first-order valence-electron chi connectivity index (χ1n) is 4.44. The summed E-state index contributed by atoms with van der Waals surface area (Å²) >= 11 is 0. The third-order valence-electron chi connectivity index (χ3n) is 2.18. The monoisotopic (exact) mass is 148 g/mol. The number of hydrogen-bond acceptors (Lipinski definition) is 0. The molecule has 1 aliphatic carbocycles. The Morgan fingerprint density at radius 1 is 1.55 bits per heavy atom. The molecule has 1 unspecified atom stereocenters. The predicted molar refractivity (Wildman–Crippen MR) is 49.4 cm³/mol. The lowest BCUT2D eigenvalue weighted by Crippen LogP contribution is -1.98. The molecule has 1 atom stereocenters. The van der Waals surface area contributed by atoms with E-state index >= 15 is 0 Å². The molecule has 11 heavy (non-hydrogen) atoms. The summed E-state index contributed by atoms with van der Waals surface area (Å²) in [5, 5.41) is 0. The smallest absolute Gasteiger partial charge is 0.00532 e. The van der Waals surface area contributed by atoms with E-state index in [0.717, 1.165) is 0 Å². The van der Waals surface area contributed by atoms with E-state index in [1.807, 2.05) is 6.08 Å². The van der Waals surface area contributed by atoms with Crippen LogP contribution >= 0.6 is 0 Å². The molecule has 0 fully saturated rings. The second kappa shape index (κ2) is 4.20. The van der Waals surface area contributed by atoms with Crippen LogP contribution in [0.4, 0.5) is 0 Å². The Bertz CT molecular complexity index is 202. The van der Waals surface area contributed by atoms with E-state index in [9.17, 15) is 0 Å². The van der Waals surface area contributed by atoms with Gasteiger partial charge in [0.15, 0.2) is 0 Å². The first-order valence-corrected chi connectivity index (χ1v) is 4.44. The maximum Gasteiger partial charge on any atom is 0.00532 e. The Labute approximate surface area is 69.3 Å². The average Bonchev–Trinajstić information content (AvgIpc) is 2.03. The van der Waals surface area contributed by atoms with Crippen molar-refractivity contribution < 1.29 is 0 Å². The van der Waals surface area contributed by atoms with Gasteiger partial charge in [0, 0.05) is 5.92 Å². The molecule has 0 heteroatoms. The minimum atomic E-state index is 0.667. The van der Waals surface area contributed by atoms with Gasteiger partial charge in [-0.15, -0.1) is 5.73 Å². The number of rotatable bonds is 3. The third-order valence-corrected chi connectivity index (χ3v) is 2.18. The van der Waals surface area contributed by atoms with Crippen molar-refractivity contribution in [1.82, 2.24) is 0 Å². The van der Waals surface area contributed by atoms with Crippen LogP contribution in [0.3, 0.4) is 0 Å². The fourth-order valence-electron chi connectivity index (χ4n) is 1.36. The molecule has 1 aliphatic rings. The van der Waals surface area contributed by atoms with Crippen molar-refractivity contribution in [1.29, 1.82) is 0 Å². The van der Waals surface area contributed by atoms with Crippen LogP contribution in [-0.4, -0.2) is 0 Å². The third kappa shape index (κ3) is 2.40. The van der Waals surface area contributed by atoms with Crippen molar-refractivity contribution in [2.45, 2.75) is 33.1 Å². The zero-order chi connectivity index (χ0) is 8.10. The molecule has 0 heterocycles. The molecule has 60 valence electrons. The molecule has 0 amide bonds. The molecule has 0 aromatic heterocycles. The van der Waals surface area contributed by atoms with Gasteiger partial charge in [0.05, 0.1) is 0 Å². The van der Waals surface area contributed by atoms with Crippen molar-refractivity contribution >= 4 is 0 Å². The van der Waals surface area contributed by atoms with Gasteiger partial charge < -0.3 is 0 Å². The van der Waals surface area contributed by atoms with E-state index in [2.05, 4.69) is 31.7 Å². The lowest BCUT2D eigenvalue weighted by atomic mass is 9.93. The SMILES string of the molecule is CCCCC1C=CC=C=C1C. The van der Waals surface area contributed by atoms with Gasteiger partial charge >= 0.3 is 0 Å². The van der Waals surface area contributed by atoms with Crippen LogP contribution in [0.25, 0.3) is 0 Å². The highest BCUT2D eigenvalue weighted by atomic mass is 14.1. The normalized spacial score (nSPS) is 22.0. The number of allylic oxidation sites excluding steroid dienone is 3. The molecule has 0 radical (unpaired) electrons. The van der Waals surface area contributed by atoms with Gasteiger partial charge in [0.1, 0.15) is 0 Å². The molecule has 0 saturated heterocycles. The van der Waals surface area contributed by atoms with Gasteiger partial charge in [-0.25, -0.2) is 0 Å². The fraction of sp³-hybridized carbons (Fsp3) is 0.545. The van der Waals surface area contributed by atoms with E-state index < -0.39 is 0 Å². The van der Waals surface area contributed by atoms with Crippen LogP contribution in [0, 0.1) is 5.92 Å². The second-order valence-electron chi connectivity index (χ2n) is 3.13. The zero-order valence-corrected chi connectivity index (χ0v) is 7.43. The molecule has 0 spiro atoms. The Hall–Kier alpha value is -0.740. The molecule has 0 aromatic rings. The van der Waals surface area contributed by atoms with Crippen molar-refractivity contribution in [2.24, 2.45) is 5.92 Å². The minimum absolute atomic E-state index is 0.667. The van der Waals surface area contributed by atoms with Crippen LogP contribution in [0.15, 0.2) is 29.5 Å². The lowest BCUT2D eigenvalue weighted by Gasteiger charge is -2.12. The highest BCUT2D eigenvalue weighted by molar-refractivity contribution is 5.20. The van der Waals surface area contributed by atoms with Gasteiger partial charge in [0.25, 0.3) is 0 Å². The summed E-state index contributed by atoms with van der Waals surface area (Å²) < 4.78 is 0. The Morgan fingerprint density at radius 2 is 2.36 bits per heavy atom. The molecule has 0 saturated carbocycles. The molecular formula is C11H16. The Kier molecular flexibility index (Phi) is 3.19. The van der Waals surface area contributed by atoms with E-state index in [1.165, 1.54) is 24.8 Å². The van der Waals surface area contributed by atoms with Gasteiger partial charge in [-0.1, -0.05) is 31.9 Å². The standard InChI is InChI=1S/C11H16/c1-3-4-8-11-9-6-5-7-10(11)2/h5-6,9,11H,3-4,8H2,1-2H3. The van der Waals surface area contributed by atoms with Crippen LogP contribution in [0.5, 0.6) is 0 Å². The average molecular weight is 148 g/mol. The first kappa shape index (κ1) is 8.36. The summed E-state index contributed by atoms with van der Waals surface area (Å²) in [5.41, 5.74) is 4.64. The summed E-state index contributed by atoms with van der Waals surface area (Å²) in [7, 11) is 0. The van der Waals surface area contributed by atoms with Gasteiger partial charge in [-0.05, 0) is 25.0 Å². The summed E-state index contributed by atoms with van der Waals surface area (Å²) in [6.45, 7) is 4.40. The van der Waals surface area contributed by atoms with E-state index in [4.69, 9.17) is 0 Å². The molecule has 1 rings (SSSR count). The second-order valence-corrected chi connectivity index (χ2v) is 3.13. The zero-order valence-electron chi connectivity index (χ0n) is 7.43. The van der Waals surface area contributed by atoms with Gasteiger partial charge in [-0.3, -0.25) is 0 Å². The van der Waals surface area contributed by atoms with Crippen molar-refractivity contribution in [2.75, 3.05) is 0 Å². The highest BCUT2D eigenvalue weighted by Crippen LogP contribution is 2.20. The van der Waals surface area contributed by atoms with E-state index in [0.29, 0.717) is 5.92 Å². The molecule has 0 aliphatic heterocycles. The largest absolute Gasteiger partial charge is 0.121 e. The van der Waals surface area contributed by atoms with Crippen molar-refractivity contribution in [3.8, 4) is 0 Å². The first-order chi connectivity index (χ1) is 5.34. The van der Waals surface area contributed by atoms with Gasteiger partial charge in [0.2, 0.25) is 0 Å². The summed E-state index contributed by atoms with van der Waals surface area (Å²) in [5.74, 6) is 0.667. The fourth-order valence-corrected chi connectivity index (χ4v) is 1.36. The Morgan fingerprint density at radius 3 is 3.00 bits per heavy atom. The molecule has 0 N–H and O–H groups in total. The number of hydrogen-bond donors (Lipinski definition) is 0. The minimum Gasteiger partial charge on any atom is -0.121 e. The predicted octanol–water partition coefficient (Wildman–Crippen LogP) is 3.46. The molecule has 0 bridgehead atoms.